The van der Waals surface area contributed by atoms with Crippen LogP contribution in [0.4, 0.5) is 0 Å². The Hall–Kier alpha value is -2.91. The molecule has 0 aromatic heterocycles. The van der Waals surface area contributed by atoms with Crippen LogP contribution in [0.1, 0.15) is 56.7 Å². The monoisotopic (exact) mass is 429 g/mol. The van der Waals surface area contributed by atoms with Crippen LogP contribution in [-0.4, -0.2) is 18.6 Å². The van der Waals surface area contributed by atoms with Crippen LogP contribution in [0.15, 0.2) is 78.9 Å². The van der Waals surface area contributed by atoms with E-state index in [1.54, 1.807) is 0 Å². The molecule has 0 saturated heterocycles. The normalized spacial score (nSPS) is 13.0. The third-order valence-corrected chi connectivity index (χ3v) is 5.80. The Kier molecular flexibility index (Phi) is 8.24. The van der Waals surface area contributed by atoms with Gasteiger partial charge in [0.05, 0.1) is 6.61 Å². The average molecular weight is 430 g/mol. The van der Waals surface area contributed by atoms with Crippen LogP contribution in [0.2, 0.25) is 0 Å². The number of fused-ring (bicyclic) bond motifs is 3. The van der Waals surface area contributed by atoms with Crippen molar-refractivity contribution in [2.24, 2.45) is 5.73 Å². The lowest BCUT2D eigenvalue weighted by atomic mass is 9.74. The third-order valence-electron chi connectivity index (χ3n) is 5.80. The number of carbonyl (C=O) groups excluding carboxylic acids is 1. The van der Waals surface area contributed by atoms with Crippen molar-refractivity contribution < 1.29 is 9.53 Å². The van der Waals surface area contributed by atoms with Crippen molar-refractivity contribution in [1.29, 1.82) is 0 Å². The number of benzene rings is 3. The maximum Gasteiger partial charge on any atom is 0.321 e. The Balaban J connectivity index is 0.000000668. The summed E-state index contributed by atoms with van der Waals surface area (Å²) >= 11 is 0. The van der Waals surface area contributed by atoms with Gasteiger partial charge in [-0.25, -0.2) is 0 Å². The van der Waals surface area contributed by atoms with E-state index in [2.05, 4.69) is 48.5 Å². The van der Waals surface area contributed by atoms with Crippen LogP contribution in [0.5, 0.6) is 0 Å². The molecule has 3 aromatic rings. The minimum absolute atomic E-state index is 0.118. The van der Waals surface area contributed by atoms with E-state index in [9.17, 15) is 4.79 Å². The molecule has 1 aliphatic rings. The van der Waals surface area contributed by atoms with Crippen LogP contribution in [0.3, 0.4) is 0 Å². The molecule has 4 rings (SSSR count). The quantitative estimate of drug-likeness (QED) is 0.355. The number of aryl methyl sites for hydroxylation is 1. The predicted octanol–water partition coefficient (Wildman–Crippen LogP) is 6.28. The molecule has 0 bridgehead atoms. The highest BCUT2D eigenvalue weighted by Gasteiger charge is 2.49. The number of esters is 1. The number of hydrogen-bond acceptors (Lipinski definition) is 3. The van der Waals surface area contributed by atoms with E-state index in [0.29, 0.717) is 12.6 Å². The van der Waals surface area contributed by atoms with Crippen molar-refractivity contribution in [2.45, 2.75) is 57.9 Å². The van der Waals surface area contributed by atoms with Crippen molar-refractivity contribution in [3.05, 3.63) is 95.6 Å². The molecule has 0 saturated carbocycles. The summed E-state index contributed by atoms with van der Waals surface area (Å²) in [5, 5.41) is 0. The van der Waals surface area contributed by atoms with Gasteiger partial charge in [0, 0.05) is 0 Å². The van der Waals surface area contributed by atoms with Gasteiger partial charge in [0.1, 0.15) is 5.41 Å². The van der Waals surface area contributed by atoms with E-state index in [1.807, 2.05) is 51.1 Å². The fourth-order valence-electron chi connectivity index (χ4n) is 4.53. The fraction of sp³-hybridized carbons (Fsp3) is 0.345. The van der Waals surface area contributed by atoms with Gasteiger partial charge in [-0.15, -0.1) is 0 Å². The molecule has 168 valence electrons. The van der Waals surface area contributed by atoms with Gasteiger partial charge in [-0.05, 0) is 60.0 Å². The highest BCUT2D eigenvalue weighted by Crippen LogP contribution is 2.52. The number of unbranched alkanes of at least 4 members (excludes halogenated alkanes) is 1. The molecule has 2 N–H and O–H groups in total. The number of rotatable bonds is 7. The second-order valence-electron chi connectivity index (χ2n) is 8.65. The standard InChI is InChI=1S/C26H26O2.C3H9N/c1-2-28-25(27)26(19-11-10-14-20-12-4-3-5-13-20)23-17-8-6-15-21(23)22-16-7-9-18-24(22)26;1-3(2)4/h3-9,12-13,15-18H,2,10-11,14,19H2,1H3;3H,4H2,1-2H3. The van der Waals surface area contributed by atoms with Gasteiger partial charge < -0.3 is 10.5 Å². The average Bonchev–Trinajstić information content (AvgIpc) is 3.08. The van der Waals surface area contributed by atoms with Crippen molar-refractivity contribution in [2.75, 3.05) is 6.61 Å². The summed E-state index contributed by atoms with van der Waals surface area (Å²) in [6.07, 6.45) is 3.82. The number of ether oxygens (including phenoxy) is 1. The molecule has 0 fully saturated rings. The summed E-state index contributed by atoms with van der Waals surface area (Å²) in [6, 6.07) is 27.5. The number of carbonyl (C=O) groups is 1. The minimum atomic E-state index is -0.695. The molecule has 32 heavy (non-hydrogen) atoms. The highest BCUT2D eigenvalue weighted by molar-refractivity contribution is 5.98. The molecule has 0 radical (unpaired) electrons. The molecule has 0 heterocycles. The first kappa shape index (κ1) is 23.7. The van der Waals surface area contributed by atoms with Gasteiger partial charge in [-0.3, -0.25) is 4.79 Å². The van der Waals surface area contributed by atoms with E-state index in [1.165, 1.54) is 5.56 Å². The Morgan fingerprint density at radius 3 is 1.88 bits per heavy atom. The van der Waals surface area contributed by atoms with Crippen LogP contribution in [-0.2, 0) is 21.4 Å². The molecule has 0 unspecified atom stereocenters. The largest absolute Gasteiger partial charge is 0.465 e. The second kappa shape index (κ2) is 11.1. The van der Waals surface area contributed by atoms with Crippen molar-refractivity contribution in [1.82, 2.24) is 0 Å². The molecule has 3 nitrogen and oxygen atoms in total. The van der Waals surface area contributed by atoms with Crippen LogP contribution >= 0.6 is 0 Å². The van der Waals surface area contributed by atoms with Gasteiger partial charge in [0.2, 0.25) is 0 Å². The zero-order valence-corrected chi connectivity index (χ0v) is 19.5. The lowest BCUT2D eigenvalue weighted by Gasteiger charge is -2.29. The van der Waals surface area contributed by atoms with Gasteiger partial charge in [-0.2, -0.15) is 0 Å². The van der Waals surface area contributed by atoms with E-state index < -0.39 is 5.41 Å². The maximum absolute atomic E-state index is 13.3. The molecule has 0 spiro atoms. The lowest BCUT2D eigenvalue weighted by Crippen LogP contribution is -2.37. The first-order chi connectivity index (χ1) is 15.5. The van der Waals surface area contributed by atoms with Crippen molar-refractivity contribution in [3.63, 3.8) is 0 Å². The summed E-state index contributed by atoms with van der Waals surface area (Å²) < 4.78 is 5.62. The lowest BCUT2D eigenvalue weighted by molar-refractivity contribution is -0.148. The smallest absolute Gasteiger partial charge is 0.321 e. The van der Waals surface area contributed by atoms with Crippen molar-refractivity contribution >= 4 is 5.97 Å². The summed E-state index contributed by atoms with van der Waals surface area (Å²) in [4.78, 5) is 13.3. The van der Waals surface area contributed by atoms with Crippen LogP contribution in [0, 0.1) is 0 Å². The zero-order chi connectivity index (χ0) is 23.0. The fourth-order valence-corrected chi connectivity index (χ4v) is 4.53. The molecular weight excluding hydrogens is 394 g/mol. The Morgan fingerprint density at radius 1 is 0.844 bits per heavy atom. The molecule has 0 aliphatic heterocycles. The van der Waals surface area contributed by atoms with Gasteiger partial charge in [0.25, 0.3) is 0 Å². The van der Waals surface area contributed by atoms with Crippen LogP contribution < -0.4 is 5.73 Å². The second-order valence-corrected chi connectivity index (χ2v) is 8.65. The van der Waals surface area contributed by atoms with E-state index >= 15 is 0 Å². The summed E-state index contributed by atoms with van der Waals surface area (Å²) in [5.74, 6) is -0.118. The van der Waals surface area contributed by atoms with Gasteiger partial charge >= 0.3 is 5.97 Å². The molecule has 1 aliphatic carbocycles. The first-order valence-corrected chi connectivity index (χ1v) is 11.7. The number of nitrogens with two attached hydrogens (primary N) is 1. The Bertz CT molecular complexity index is 962. The maximum atomic E-state index is 13.3. The summed E-state index contributed by atoms with van der Waals surface area (Å²) in [6.45, 7) is 6.17. The Labute approximate surface area is 192 Å². The zero-order valence-electron chi connectivity index (χ0n) is 19.5. The highest BCUT2D eigenvalue weighted by atomic mass is 16.5. The molecule has 3 aromatic carbocycles. The SMILES string of the molecule is CC(C)N.CCOC(=O)C1(CCCCc2ccccc2)c2ccccc2-c2ccccc21. The van der Waals surface area contributed by atoms with Crippen LogP contribution in [0.25, 0.3) is 11.1 Å². The Morgan fingerprint density at radius 2 is 1.34 bits per heavy atom. The predicted molar refractivity (Wildman–Crippen MR) is 133 cm³/mol. The molecule has 3 heteroatoms. The molecule has 0 atom stereocenters. The van der Waals surface area contributed by atoms with E-state index in [0.717, 1.165) is 47.9 Å². The molecule has 0 amide bonds. The first-order valence-electron chi connectivity index (χ1n) is 11.7. The summed E-state index contributed by atoms with van der Waals surface area (Å²) in [5.41, 5.74) is 10.3. The van der Waals surface area contributed by atoms with E-state index in [4.69, 9.17) is 10.5 Å². The topological polar surface area (TPSA) is 52.3 Å². The van der Waals surface area contributed by atoms with Crippen molar-refractivity contribution in [3.8, 4) is 11.1 Å². The van der Waals surface area contributed by atoms with Gasteiger partial charge in [0.15, 0.2) is 0 Å². The number of hydrogen-bond donors (Lipinski definition) is 1. The van der Waals surface area contributed by atoms with E-state index in [-0.39, 0.29) is 5.97 Å². The van der Waals surface area contributed by atoms with Gasteiger partial charge in [-0.1, -0.05) is 99.1 Å². The molecular formula is C29H35NO2. The summed E-state index contributed by atoms with van der Waals surface area (Å²) in [7, 11) is 0. The minimum Gasteiger partial charge on any atom is -0.465 e. The third kappa shape index (κ3) is 5.11.